The number of nitrogens with one attached hydrogen (secondary N) is 1. The predicted molar refractivity (Wildman–Crippen MR) is 97.5 cm³/mol. The molecule has 1 heterocycles. The first-order chi connectivity index (χ1) is 12.8. The number of carbonyl (C=O) groups is 1. The third-order valence-electron chi connectivity index (χ3n) is 4.59. The molecule has 1 N–H and O–H groups in total. The molecule has 1 aliphatic rings. The standard InChI is InChI=1S/C19H19ClF3N3O/c20-14-5-7-15(8-6-14)25-18(27)26(16-3-1-2-4-16)12-13-9-10-24-17(11-13)19(21,22)23/h5-11,16H,1-4,12H2,(H,25,27). The van der Waals surface area contributed by atoms with Crippen LogP contribution in [0.5, 0.6) is 0 Å². The fourth-order valence-corrected chi connectivity index (χ4v) is 3.36. The molecule has 1 aliphatic carbocycles. The molecule has 27 heavy (non-hydrogen) atoms. The van der Waals surface area contributed by atoms with Crippen LogP contribution in [0.1, 0.15) is 36.9 Å². The molecule has 0 saturated heterocycles. The molecule has 0 radical (unpaired) electrons. The minimum Gasteiger partial charge on any atom is -0.317 e. The minimum atomic E-state index is -4.51. The minimum absolute atomic E-state index is 0.000183. The van der Waals surface area contributed by atoms with Gasteiger partial charge in [0.05, 0.1) is 0 Å². The molecule has 0 spiro atoms. The Morgan fingerprint density at radius 2 is 1.85 bits per heavy atom. The van der Waals surface area contributed by atoms with Crippen LogP contribution in [0.15, 0.2) is 42.6 Å². The van der Waals surface area contributed by atoms with E-state index in [1.165, 1.54) is 6.07 Å². The lowest BCUT2D eigenvalue weighted by Gasteiger charge is -2.29. The lowest BCUT2D eigenvalue weighted by atomic mass is 10.1. The van der Waals surface area contributed by atoms with Crippen molar-refractivity contribution in [3.8, 4) is 0 Å². The average Bonchev–Trinajstić information content (AvgIpc) is 3.15. The summed E-state index contributed by atoms with van der Waals surface area (Å²) in [5.41, 5.74) is 0.0260. The van der Waals surface area contributed by atoms with E-state index >= 15 is 0 Å². The van der Waals surface area contributed by atoms with Crippen molar-refractivity contribution < 1.29 is 18.0 Å². The van der Waals surface area contributed by atoms with Crippen LogP contribution in [-0.4, -0.2) is 22.0 Å². The van der Waals surface area contributed by atoms with Crippen LogP contribution in [0.2, 0.25) is 5.02 Å². The van der Waals surface area contributed by atoms with Crippen LogP contribution < -0.4 is 5.32 Å². The van der Waals surface area contributed by atoms with Gasteiger partial charge in [-0.15, -0.1) is 0 Å². The highest BCUT2D eigenvalue weighted by molar-refractivity contribution is 6.30. The van der Waals surface area contributed by atoms with E-state index in [2.05, 4.69) is 10.3 Å². The number of amides is 2. The van der Waals surface area contributed by atoms with E-state index in [4.69, 9.17) is 11.6 Å². The summed E-state index contributed by atoms with van der Waals surface area (Å²) < 4.78 is 38.8. The summed E-state index contributed by atoms with van der Waals surface area (Å²) in [6.07, 6.45) is 0.289. The second-order valence-corrected chi connectivity index (χ2v) is 6.99. The second kappa shape index (κ2) is 8.17. The van der Waals surface area contributed by atoms with Crippen LogP contribution in [0.25, 0.3) is 0 Å². The molecule has 1 aromatic carbocycles. The monoisotopic (exact) mass is 397 g/mol. The molecule has 2 aromatic rings. The molecule has 0 aliphatic heterocycles. The maximum atomic E-state index is 12.9. The predicted octanol–water partition coefficient (Wildman–Crippen LogP) is 5.73. The summed E-state index contributed by atoms with van der Waals surface area (Å²) in [6.45, 7) is 0.0929. The first-order valence-corrected chi connectivity index (χ1v) is 9.06. The Hall–Kier alpha value is -2.28. The van der Waals surface area contributed by atoms with Gasteiger partial charge in [-0.05, 0) is 54.8 Å². The second-order valence-electron chi connectivity index (χ2n) is 6.55. The zero-order chi connectivity index (χ0) is 19.4. The molecular formula is C19H19ClF3N3O. The summed E-state index contributed by atoms with van der Waals surface area (Å²) in [7, 11) is 0. The van der Waals surface area contributed by atoms with Crippen molar-refractivity contribution in [2.75, 3.05) is 5.32 Å². The number of alkyl halides is 3. The maximum absolute atomic E-state index is 12.9. The molecule has 144 valence electrons. The number of pyridine rings is 1. The van der Waals surface area contributed by atoms with Gasteiger partial charge in [-0.3, -0.25) is 4.98 Å². The zero-order valence-electron chi connectivity index (χ0n) is 14.5. The fraction of sp³-hybridized carbons (Fsp3) is 0.368. The fourth-order valence-electron chi connectivity index (χ4n) is 3.24. The average molecular weight is 398 g/mol. The third-order valence-corrected chi connectivity index (χ3v) is 4.84. The Morgan fingerprint density at radius 3 is 2.48 bits per heavy atom. The first kappa shape index (κ1) is 19.5. The van der Waals surface area contributed by atoms with Gasteiger partial charge in [-0.2, -0.15) is 13.2 Å². The van der Waals surface area contributed by atoms with E-state index in [9.17, 15) is 18.0 Å². The van der Waals surface area contributed by atoms with Crippen molar-refractivity contribution >= 4 is 23.3 Å². The summed E-state index contributed by atoms with van der Waals surface area (Å²) in [5.74, 6) is 0. The Morgan fingerprint density at radius 1 is 1.19 bits per heavy atom. The SMILES string of the molecule is O=C(Nc1ccc(Cl)cc1)N(Cc1ccnc(C(F)(F)F)c1)C1CCCC1. The number of rotatable bonds is 4. The van der Waals surface area contributed by atoms with Crippen molar-refractivity contribution in [1.82, 2.24) is 9.88 Å². The van der Waals surface area contributed by atoms with E-state index in [0.717, 1.165) is 37.9 Å². The molecule has 0 bridgehead atoms. The van der Waals surface area contributed by atoms with Gasteiger partial charge in [0.1, 0.15) is 5.69 Å². The smallest absolute Gasteiger partial charge is 0.317 e. The van der Waals surface area contributed by atoms with Crippen LogP contribution in [0.4, 0.5) is 23.7 Å². The number of aromatic nitrogens is 1. The highest BCUT2D eigenvalue weighted by Crippen LogP contribution is 2.29. The van der Waals surface area contributed by atoms with E-state index in [-0.39, 0.29) is 18.6 Å². The Kier molecular flexibility index (Phi) is 5.89. The normalized spacial score (nSPS) is 15.0. The van der Waals surface area contributed by atoms with Gasteiger partial charge in [-0.25, -0.2) is 4.79 Å². The quantitative estimate of drug-likeness (QED) is 0.716. The largest absolute Gasteiger partial charge is 0.433 e. The van der Waals surface area contributed by atoms with Crippen LogP contribution in [0, 0.1) is 0 Å². The van der Waals surface area contributed by atoms with Gasteiger partial charge in [0.25, 0.3) is 0 Å². The van der Waals surface area contributed by atoms with Gasteiger partial charge in [0.2, 0.25) is 0 Å². The highest BCUT2D eigenvalue weighted by Gasteiger charge is 2.33. The molecule has 0 unspecified atom stereocenters. The number of urea groups is 1. The molecular weight excluding hydrogens is 379 g/mol. The first-order valence-electron chi connectivity index (χ1n) is 8.68. The van der Waals surface area contributed by atoms with Gasteiger partial charge < -0.3 is 10.2 Å². The molecule has 4 nitrogen and oxygen atoms in total. The zero-order valence-corrected chi connectivity index (χ0v) is 15.2. The Balaban J connectivity index is 1.79. The number of carbonyl (C=O) groups excluding carboxylic acids is 1. The topological polar surface area (TPSA) is 45.2 Å². The van der Waals surface area contributed by atoms with Gasteiger partial charge in [-0.1, -0.05) is 24.4 Å². The number of hydrogen-bond acceptors (Lipinski definition) is 2. The number of benzene rings is 1. The Bertz CT molecular complexity index is 790. The number of halogens is 4. The van der Waals surface area contributed by atoms with Crippen molar-refractivity contribution in [3.63, 3.8) is 0 Å². The number of nitrogens with zero attached hydrogens (tertiary/aromatic N) is 2. The number of hydrogen-bond donors (Lipinski definition) is 1. The van der Waals surface area contributed by atoms with Crippen molar-refractivity contribution in [3.05, 3.63) is 58.9 Å². The van der Waals surface area contributed by atoms with E-state index in [1.807, 2.05) is 0 Å². The van der Waals surface area contributed by atoms with Crippen LogP contribution in [-0.2, 0) is 12.7 Å². The van der Waals surface area contributed by atoms with E-state index < -0.39 is 11.9 Å². The van der Waals surface area contributed by atoms with Crippen LogP contribution >= 0.6 is 11.6 Å². The lowest BCUT2D eigenvalue weighted by molar-refractivity contribution is -0.141. The maximum Gasteiger partial charge on any atom is 0.433 e. The molecule has 3 rings (SSSR count). The number of anilines is 1. The molecule has 1 aromatic heterocycles. The highest BCUT2D eigenvalue weighted by atomic mass is 35.5. The molecule has 0 atom stereocenters. The molecule has 2 amide bonds. The summed E-state index contributed by atoms with van der Waals surface area (Å²) in [4.78, 5) is 17.8. The van der Waals surface area contributed by atoms with Gasteiger partial charge in [0, 0.05) is 29.5 Å². The third kappa shape index (κ3) is 5.13. The molecule has 8 heteroatoms. The van der Waals surface area contributed by atoms with Gasteiger partial charge in [0.15, 0.2) is 0 Å². The van der Waals surface area contributed by atoms with Gasteiger partial charge >= 0.3 is 12.2 Å². The molecule has 1 fully saturated rings. The van der Waals surface area contributed by atoms with Crippen molar-refractivity contribution in [2.24, 2.45) is 0 Å². The molecule has 1 saturated carbocycles. The summed E-state index contributed by atoms with van der Waals surface area (Å²) >= 11 is 5.85. The Labute approximate surface area is 160 Å². The van der Waals surface area contributed by atoms with Crippen molar-refractivity contribution in [1.29, 1.82) is 0 Å². The van der Waals surface area contributed by atoms with E-state index in [1.54, 1.807) is 29.2 Å². The van der Waals surface area contributed by atoms with Crippen molar-refractivity contribution in [2.45, 2.75) is 44.4 Å². The van der Waals surface area contributed by atoms with Crippen LogP contribution in [0.3, 0.4) is 0 Å². The van der Waals surface area contributed by atoms with E-state index in [0.29, 0.717) is 16.3 Å². The summed E-state index contributed by atoms with van der Waals surface area (Å²) in [6, 6.07) is 8.85. The summed E-state index contributed by atoms with van der Waals surface area (Å²) in [5, 5.41) is 3.35. The lowest BCUT2D eigenvalue weighted by Crippen LogP contribution is -2.41.